The summed E-state index contributed by atoms with van der Waals surface area (Å²) in [6, 6.07) is 4.92. The smallest absolute Gasteiger partial charge is 0.129 e. The quantitative estimate of drug-likeness (QED) is 0.882. The number of likely N-dealkylation sites (tertiary alicyclic amines) is 1. The molecule has 0 aliphatic carbocycles. The van der Waals surface area contributed by atoms with Gasteiger partial charge in [-0.1, -0.05) is 17.7 Å². The number of aliphatic hydroxyl groups excluding tert-OH is 1. The molecule has 2 rings (SSSR count). The van der Waals surface area contributed by atoms with E-state index in [0.29, 0.717) is 17.1 Å². The summed E-state index contributed by atoms with van der Waals surface area (Å²) in [6.45, 7) is 1.62. The van der Waals surface area contributed by atoms with E-state index in [4.69, 9.17) is 11.6 Å². The van der Waals surface area contributed by atoms with Crippen LogP contribution in [0.1, 0.15) is 18.4 Å². The highest BCUT2D eigenvalue weighted by molar-refractivity contribution is 6.30. The summed E-state index contributed by atoms with van der Waals surface area (Å²) in [7, 11) is 0. The molecular weight excluding hydrogens is 229 g/mol. The predicted octanol–water partition coefficient (Wildman–Crippen LogP) is 2.44. The van der Waals surface area contributed by atoms with Crippen LogP contribution in [0.2, 0.25) is 5.02 Å². The molecule has 0 spiro atoms. The fourth-order valence-electron chi connectivity index (χ4n) is 2.18. The average Bonchev–Trinajstić information content (AvgIpc) is 2.69. The summed E-state index contributed by atoms with van der Waals surface area (Å²) in [6.07, 6.45) is 2.06. The highest BCUT2D eigenvalue weighted by atomic mass is 35.5. The van der Waals surface area contributed by atoms with E-state index in [1.807, 2.05) is 0 Å². The number of benzene rings is 1. The molecule has 1 saturated heterocycles. The highest BCUT2D eigenvalue weighted by Crippen LogP contribution is 2.22. The Hall–Kier alpha value is -0.640. The second kappa shape index (κ2) is 5.13. The number of hydrogen-bond donors (Lipinski definition) is 1. The van der Waals surface area contributed by atoms with Crippen LogP contribution in [0.25, 0.3) is 0 Å². The van der Waals surface area contributed by atoms with Crippen molar-refractivity contribution in [3.8, 4) is 0 Å². The van der Waals surface area contributed by atoms with Crippen LogP contribution < -0.4 is 0 Å². The van der Waals surface area contributed by atoms with Crippen LogP contribution in [0.3, 0.4) is 0 Å². The number of halogens is 2. The second-order valence-electron chi connectivity index (χ2n) is 4.18. The van der Waals surface area contributed by atoms with Gasteiger partial charge in [0.1, 0.15) is 5.82 Å². The molecule has 1 aliphatic rings. The van der Waals surface area contributed by atoms with Crippen LogP contribution in [0.15, 0.2) is 18.2 Å². The SMILES string of the molecule is OC[C@@H]1CCCN1Cc1ccc(Cl)cc1F. The van der Waals surface area contributed by atoms with Gasteiger partial charge in [0.15, 0.2) is 0 Å². The molecule has 0 saturated carbocycles. The minimum Gasteiger partial charge on any atom is -0.395 e. The topological polar surface area (TPSA) is 23.5 Å². The minimum atomic E-state index is -0.268. The summed E-state index contributed by atoms with van der Waals surface area (Å²) in [5.41, 5.74) is 0.643. The van der Waals surface area contributed by atoms with Crippen LogP contribution >= 0.6 is 11.6 Å². The van der Waals surface area contributed by atoms with Gasteiger partial charge in [0, 0.05) is 23.2 Å². The average molecular weight is 244 g/mol. The Morgan fingerprint density at radius 2 is 2.31 bits per heavy atom. The molecule has 1 atom stereocenters. The largest absolute Gasteiger partial charge is 0.395 e. The van der Waals surface area contributed by atoms with Gasteiger partial charge in [0.25, 0.3) is 0 Å². The molecule has 88 valence electrons. The lowest BCUT2D eigenvalue weighted by atomic mass is 10.2. The summed E-state index contributed by atoms with van der Waals surface area (Å²) >= 11 is 5.70. The normalized spacial score (nSPS) is 21.6. The Balaban J connectivity index is 2.08. The van der Waals surface area contributed by atoms with Crippen molar-refractivity contribution in [1.82, 2.24) is 4.90 Å². The first-order chi connectivity index (χ1) is 7.70. The molecule has 0 amide bonds. The zero-order chi connectivity index (χ0) is 11.5. The van der Waals surface area contributed by atoms with Crippen molar-refractivity contribution in [1.29, 1.82) is 0 Å². The Kier molecular flexibility index (Phi) is 3.79. The Bertz CT molecular complexity index is 372. The van der Waals surface area contributed by atoms with Crippen LogP contribution in [0.5, 0.6) is 0 Å². The molecule has 0 unspecified atom stereocenters. The summed E-state index contributed by atoms with van der Waals surface area (Å²) < 4.78 is 13.6. The van der Waals surface area contributed by atoms with Crippen LogP contribution in [-0.2, 0) is 6.54 Å². The molecular formula is C12H15ClFNO. The van der Waals surface area contributed by atoms with E-state index < -0.39 is 0 Å². The zero-order valence-corrected chi connectivity index (χ0v) is 9.75. The van der Waals surface area contributed by atoms with Gasteiger partial charge in [0.05, 0.1) is 6.61 Å². The molecule has 1 aliphatic heterocycles. The fraction of sp³-hybridized carbons (Fsp3) is 0.500. The van der Waals surface area contributed by atoms with E-state index in [0.717, 1.165) is 19.4 Å². The van der Waals surface area contributed by atoms with E-state index in [1.165, 1.54) is 6.07 Å². The van der Waals surface area contributed by atoms with Crippen LogP contribution in [0, 0.1) is 5.82 Å². The third-order valence-corrected chi connectivity index (χ3v) is 3.33. The van der Waals surface area contributed by atoms with E-state index in [2.05, 4.69) is 4.90 Å². The first kappa shape index (κ1) is 11.8. The second-order valence-corrected chi connectivity index (χ2v) is 4.62. The number of aliphatic hydroxyl groups is 1. The van der Waals surface area contributed by atoms with E-state index in [1.54, 1.807) is 12.1 Å². The summed E-state index contributed by atoms with van der Waals surface area (Å²) in [4.78, 5) is 2.12. The first-order valence-electron chi connectivity index (χ1n) is 5.49. The van der Waals surface area contributed by atoms with E-state index >= 15 is 0 Å². The Morgan fingerprint density at radius 1 is 1.50 bits per heavy atom. The maximum atomic E-state index is 13.6. The van der Waals surface area contributed by atoms with Gasteiger partial charge in [0.2, 0.25) is 0 Å². The lowest BCUT2D eigenvalue weighted by Crippen LogP contribution is -2.31. The lowest BCUT2D eigenvalue weighted by molar-refractivity contribution is 0.152. The van der Waals surface area contributed by atoms with Crippen LogP contribution in [0.4, 0.5) is 4.39 Å². The molecule has 0 radical (unpaired) electrons. The molecule has 1 aromatic carbocycles. The molecule has 1 fully saturated rings. The van der Waals surface area contributed by atoms with Crippen molar-refractivity contribution in [3.63, 3.8) is 0 Å². The van der Waals surface area contributed by atoms with Crippen molar-refractivity contribution >= 4 is 11.6 Å². The first-order valence-corrected chi connectivity index (χ1v) is 5.87. The van der Waals surface area contributed by atoms with Gasteiger partial charge in [-0.05, 0) is 31.5 Å². The van der Waals surface area contributed by atoms with E-state index in [-0.39, 0.29) is 18.5 Å². The molecule has 1 aromatic rings. The monoisotopic (exact) mass is 243 g/mol. The fourth-order valence-corrected chi connectivity index (χ4v) is 2.34. The maximum absolute atomic E-state index is 13.6. The van der Waals surface area contributed by atoms with Crippen molar-refractivity contribution in [2.24, 2.45) is 0 Å². The van der Waals surface area contributed by atoms with Crippen molar-refractivity contribution < 1.29 is 9.50 Å². The van der Waals surface area contributed by atoms with Gasteiger partial charge in [-0.3, -0.25) is 4.90 Å². The zero-order valence-electron chi connectivity index (χ0n) is 9.00. The van der Waals surface area contributed by atoms with Gasteiger partial charge in [-0.15, -0.1) is 0 Å². The van der Waals surface area contributed by atoms with Gasteiger partial charge >= 0.3 is 0 Å². The van der Waals surface area contributed by atoms with Crippen molar-refractivity contribution in [3.05, 3.63) is 34.6 Å². The van der Waals surface area contributed by atoms with Gasteiger partial charge in [-0.2, -0.15) is 0 Å². The number of hydrogen-bond acceptors (Lipinski definition) is 2. The molecule has 1 N–H and O–H groups in total. The minimum absolute atomic E-state index is 0.148. The van der Waals surface area contributed by atoms with Crippen molar-refractivity contribution in [2.75, 3.05) is 13.2 Å². The van der Waals surface area contributed by atoms with Gasteiger partial charge in [-0.25, -0.2) is 4.39 Å². The standard InChI is InChI=1S/C12H15ClFNO/c13-10-4-3-9(12(14)6-10)7-15-5-1-2-11(15)8-16/h3-4,6,11,16H,1-2,5,7-8H2/t11-/m0/s1. The van der Waals surface area contributed by atoms with Crippen molar-refractivity contribution in [2.45, 2.75) is 25.4 Å². The predicted molar refractivity (Wildman–Crippen MR) is 61.9 cm³/mol. The highest BCUT2D eigenvalue weighted by Gasteiger charge is 2.24. The summed E-state index contributed by atoms with van der Waals surface area (Å²) in [5, 5.41) is 9.59. The third kappa shape index (κ3) is 2.54. The lowest BCUT2D eigenvalue weighted by Gasteiger charge is -2.22. The van der Waals surface area contributed by atoms with E-state index in [9.17, 15) is 9.50 Å². The molecule has 4 heteroatoms. The molecule has 2 nitrogen and oxygen atoms in total. The van der Waals surface area contributed by atoms with Crippen LogP contribution in [-0.4, -0.2) is 29.2 Å². The molecule has 0 bridgehead atoms. The molecule has 16 heavy (non-hydrogen) atoms. The Labute approximate surface area is 99.6 Å². The van der Waals surface area contributed by atoms with Gasteiger partial charge < -0.3 is 5.11 Å². The third-order valence-electron chi connectivity index (χ3n) is 3.10. The molecule has 0 aromatic heterocycles. The number of nitrogens with zero attached hydrogens (tertiary/aromatic N) is 1. The number of rotatable bonds is 3. The summed E-state index contributed by atoms with van der Waals surface area (Å²) in [5.74, 6) is -0.268. The maximum Gasteiger partial charge on any atom is 0.129 e. The molecule has 1 heterocycles. The Morgan fingerprint density at radius 3 is 3.00 bits per heavy atom.